The molecule has 5 nitrogen and oxygen atoms in total. The smallest absolute Gasteiger partial charge is 0.363 e. The highest BCUT2D eigenvalue weighted by Crippen LogP contribution is 2.31. The van der Waals surface area contributed by atoms with Gasteiger partial charge in [0.05, 0.1) is 16.6 Å². The normalized spacial score (nSPS) is 15.8. The van der Waals surface area contributed by atoms with Gasteiger partial charge in [0.25, 0.3) is 5.69 Å². The maximum atomic E-state index is 13.3. The number of benzene rings is 2. The Hall–Kier alpha value is -2.68. The van der Waals surface area contributed by atoms with Gasteiger partial charge in [-0.1, -0.05) is 18.2 Å². The molecule has 0 bridgehead atoms. The molecule has 1 aliphatic rings. The maximum absolute atomic E-state index is 13.3. The number of rotatable bonds is 4. The van der Waals surface area contributed by atoms with Crippen molar-refractivity contribution in [1.29, 1.82) is 0 Å². The summed E-state index contributed by atoms with van der Waals surface area (Å²) in [5, 5.41) is 11.1. The number of halogens is 4. The first-order valence-electron chi connectivity index (χ1n) is 8.31. The molecule has 3 rings (SSSR count). The van der Waals surface area contributed by atoms with Gasteiger partial charge in [-0.25, -0.2) is 4.39 Å². The van der Waals surface area contributed by atoms with Gasteiger partial charge in [-0.05, 0) is 23.8 Å². The molecule has 2 aromatic rings. The van der Waals surface area contributed by atoms with E-state index in [1.807, 2.05) is 4.90 Å². The molecule has 0 radical (unpaired) electrons. The lowest BCUT2D eigenvalue weighted by molar-refractivity contribution is -0.384. The molecule has 1 aliphatic heterocycles. The quantitative estimate of drug-likeness (QED) is 0.454. The van der Waals surface area contributed by atoms with Gasteiger partial charge in [-0.3, -0.25) is 15.0 Å². The minimum Gasteiger partial charge on any atom is -0.363 e. The van der Waals surface area contributed by atoms with Crippen LogP contribution in [-0.4, -0.2) is 36.0 Å². The minimum absolute atomic E-state index is 0.290. The third-order valence-corrected chi connectivity index (χ3v) is 4.51. The van der Waals surface area contributed by atoms with Gasteiger partial charge in [0.1, 0.15) is 11.5 Å². The highest BCUT2D eigenvalue weighted by Gasteiger charge is 2.30. The molecular weight excluding hydrogens is 366 g/mol. The molecule has 144 valence electrons. The largest absolute Gasteiger partial charge is 0.416 e. The van der Waals surface area contributed by atoms with E-state index in [4.69, 9.17) is 0 Å². The number of nitro benzene ring substituents is 1. The molecule has 1 fully saturated rings. The first-order valence-corrected chi connectivity index (χ1v) is 8.31. The molecule has 1 heterocycles. The van der Waals surface area contributed by atoms with Crippen LogP contribution in [0.4, 0.5) is 28.9 Å². The fraction of sp³-hybridized carbons (Fsp3) is 0.333. The zero-order valence-electron chi connectivity index (χ0n) is 14.2. The standard InChI is InChI=1S/C18H17F4N3O2/c19-15-4-5-16(17(11-15)25(26)27)24-8-6-23(7-9-24)12-13-2-1-3-14(10-13)18(20,21)22/h1-5,10-11H,6-9,12H2. The van der Waals surface area contributed by atoms with E-state index in [-0.39, 0.29) is 5.69 Å². The summed E-state index contributed by atoms with van der Waals surface area (Å²) in [7, 11) is 0. The Kier molecular flexibility index (Phi) is 5.31. The zero-order chi connectivity index (χ0) is 19.6. The van der Waals surface area contributed by atoms with E-state index in [9.17, 15) is 27.7 Å². The molecule has 0 atom stereocenters. The van der Waals surface area contributed by atoms with E-state index >= 15 is 0 Å². The Morgan fingerprint density at radius 2 is 1.74 bits per heavy atom. The monoisotopic (exact) mass is 383 g/mol. The summed E-state index contributed by atoms with van der Waals surface area (Å²) in [4.78, 5) is 14.3. The van der Waals surface area contributed by atoms with Crippen LogP contribution in [0.15, 0.2) is 42.5 Å². The predicted molar refractivity (Wildman–Crippen MR) is 92.0 cm³/mol. The summed E-state index contributed by atoms with van der Waals surface area (Å²) in [5.41, 5.74) is -0.0620. The molecule has 2 aromatic carbocycles. The van der Waals surface area contributed by atoms with Crippen LogP contribution in [0.2, 0.25) is 0 Å². The Labute approximate surface area is 153 Å². The van der Waals surface area contributed by atoms with Crippen LogP contribution in [0, 0.1) is 15.9 Å². The molecule has 9 heteroatoms. The van der Waals surface area contributed by atoms with Crippen molar-refractivity contribution in [3.8, 4) is 0 Å². The molecule has 0 aromatic heterocycles. The Morgan fingerprint density at radius 3 is 2.37 bits per heavy atom. The average Bonchev–Trinajstić information content (AvgIpc) is 2.62. The number of hydrogen-bond acceptors (Lipinski definition) is 4. The molecule has 0 aliphatic carbocycles. The van der Waals surface area contributed by atoms with Crippen LogP contribution in [0.25, 0.3) is 0 Å². The highest BCUT2D eigenvalue weighted by atomic mass is 19.4. The van der Waals surface area contributed by atoms with Crippen LogP contribution in [0.5, 0.6) is 0 Å². The van der Waals surface area contributed by atoms with Crippen LogP contribution in [-0.2, 0) is 12.7 Å². The fourth-order valence-corrected chi connectivity index (χ4v) is 3.16. The second-order valence-corrected chi connectivity index (χ2v) is 6.35. The van der Waals surface area contributed by atoms with E-state index in [1.54, 1.807) is 11.0 Å². The van der Waals surface area contributed by atoms with Crippen molar-refractivity contribution in [2.24, 2.45) is 0 Å². The second kappa shape index (κ2) is 7.51. The minimum atomic E-state index is -4.38. The van der Waals surface area contributed by atoms with Crippen molar-refractivity contribution in [1.82, 2.24) is 4.90 Å². The molecule has 0 saturated carbocycles. The summed E-state index contributed by atoms with van der Waals surface area (Å²) < 4.78 is 51.7. The van der Waals surface area contributed by atoms with E-state index in [2.05, 4.69) is 0 Å². The number of piperazine rings is 1. The molecule has 1 saturated heterocycles. The van der Waals surface area contributed by atoms with Crippen molar-refractivity contribution >= 4 is 11.4 Å². The van der Waals surface area contributed by atoms with E-state index in [1.165, 1.54) is 18.2 Å². The predicted octanol–water partition coefficient (Wildman–Crippen LogP) is 4.07. The Balaban J connectivity index is 1.66. The van der Waals surface area contributed by atoms with Crippen molar-refractivity contribution in [3.05, 3.63) is 69.5 Å². The Morgan fingerprint density at radius 1 is 1.04 bits per heavy atom. The SMILES string of the molecule is O=[N+]([O-])c1cc(F)ccc1N1CCN(Cc2cccc(C(F)(F)F)c2)CC1. The number of hydrogen-bond donors (Lipinski definition) is 0. The lowest BCUT2D eigenvalue weighted by Gasteiger charge is -2.35. The van der Waals surface area contributed by atoms with E-state index in [0.29, 0.717) is 44.0 Å². The summed E-state index contributed by atoms with van der Waals surface area (Å²) in [6, 6.07) is 8.66. The lowest BCUT2D eigenvalue weighted by Crippen LogP contribution is -2.46. The number of anilines is 1. The second-order valence-electron chi connectivity index (χ2n) is 6.35. The van der Waals surface area contributed by atoms with Crippen molar-refractivity contribution in [2.75, 3.05) is 31.1 Å². The summed E-state index contributed by atoms with van der Waals surface area (Å²) in [6.07, 6.45) is -4.38. The zero-order valence-corrected chi connectivity index (χ0v) is 14.2. The van der Waals surface area contributed by atoms with Crippen molar-refractivity contribution in [2.45, 2.75) is 12.7 Å². The molecule has 0 amide bonds. The number of nitrogens with zero attached hydrogens (tertiary/aromatic N) is 3. The van der Waals surface area contributed by atoms with Gasteiger partial charge in [-0.2, -0.15) is 13.2 Å². The summed E-state index contributed by atoms with van der Waals surface area (Å²) in [5.74, 6) is -0.673. The van der Waals surface area contributed by atoms with Gasteiger partial charge < -0.3 is 4.90 Å². The number of alkyl halides is 3. The van der Waals surface area contributed by atoms with Gasteiger partial charge in [0, 0.05) is 32.7 Å². The summed E-state index contributed by atoms with van der Waals surface area (Å²) >= 11 is 0. The van der Waals surface area contributed by atoms with E-state index < -0.39 is 22.5 Å². The van der Waals surface area contributed by atoms with Gasteiger partial charge in [0.2, 0.25) is 0 Å². The van der Waals surface area contributed by atoms with Crippen LogP contribution in [0.3, 0.4) is 0 Å². The van der Waals surface area contributed by atoms with Crippen molar-refractivity contribution < 1.29 is 22.5 Å². The van der Waals surface area contributed by atoms with Crippen LogP contribution >= 0.6 is 0 Å². The third kappa shape index (κ3) is 4.54. The van der Waals surface area contributed by atoms with Crippen LogP contribution in [0.1, 0.15) is 11.1 Å². The third-order valence-electron chi connectivity index (χ3n) is 4.51. The first-order chi connectivity index (χ1) is 12.7. The number of nitro groups is 1. The highest BCUT2D eigenvalue weighted by molar-refractivity contribution is 5.63. The van der Waals surface area contributed by atoms with Gasteiger partial charge in [-0.15, -0.1) is 0 Å². The van der Waals surface area contributed by atoms with Gasteiger partial charge in [0.15, 0.2) is 0 Å². The molecule has 27 heavy (non-hydrogen) atoms. The molecule has 0 N–H and O–H groups in total. The Bertz CT molecular complexity index is 834. The van der Waals surface area contributed by atoms with Crippen LogP contribution < -0.4 is 4.90 Å². The average molecular weight is 383 g/mol. The fourth-order valence-electron chi connectivity index (χ4n) is 3.16. The maximum Gasteiger partial charge on any atom is 0.416 e. The first kappa shape index (κ1) is 19.1. The topological polar surface area (TPSA) is 49.6 Å². The van der Waals surface area contributed by atoms with E-state index in [0.717, 1.165) is 18.2 Å². The van der Waals surface area contributed by atoms with Gasteiger partial charge >= 0.3 is 6.18 Å². The van der Waals surface area contributed by atoms with Crippen molar-refractivity contribution in [3.63, 3.8) is 0 Å². The molecule has 0 spiro atoms. The lowest BCUT2D eigenvalue weighted by atomic mass is 10.1. The molecule has 0 unspecified atom stereocenters. The molecular formula is C18H17F4N3O2. The summed E-state index contributed by atoms with van der Waals surface area (Å²) in [6.45, 7) is 2.36.